The fourth-order valence-corrected chi connectivity index (χ4v) is 5.45. The molecule has 1 aliphatic rings. The smallest absolute Gasteiger partial charge is 0.253 e. The average Bonchev–Trinajstić information content (AvgIpc) is 3.29. The molecule has 1 aliphatic heterocycles. The number of amides is 1. The molecule has 1 saturated heterocycles. The number of rotatable bonds is 3. The van der Waals surface area contributed by atoms with Crippen molar-refractivity contribution >= 4 is 52.0 Å². The van der Waals surface area contributed by atoms with E-state index in [1.807, 2.05) is 41.5 Å². The second-order valence-electron chi connectivity index (χ2n) is 6.62. The van der Waals surface area contributed by atoms with Gasteiger partial charge in [0, 0.05) is 30.0 Å². The van der Waals surface area contributed by atoms with Crippen molar-refractivity contribution in [3.8, 4) is 10.6 Å². The molecule has 1 aromatic carbocycles. The SMILES string of the molecule is Cc1ccc(C(=O)N2CCC(c3nc(-c4snc(Cl)c4Cl)cs3)CC2)cc1. The van der Waals surface area contributed by atoms with Crippen LogP contribution in [-0.4, -0.2) is 33.3 Å². The maximum absolute atomic E-state index is 12.7. The maximum atomic E-state index is 12.7. The highest BCUT2D eigenvalue weighted by atomic mass is 35.5. The summed E-state index contributed by atoms with van der Waals surface area (Å²) in [6, 6.07) is 7.77. The van der Waals surface area contributed by atoms with Gasteiger partial charge in [0.05, 0.1) is 20.6 Å². The molecule has 0 radical (unpaired) electrons. The maximum Gasteiger partial charge on any atom is 0.253 e. The molecule has 2 aromatic heterocycles. The minimum Gasteiger partial charge on any atom is -0.339 e. The Hall–Kier alpha value is -1.47. The fourth-order valence-electron chi connectivity index (χ4n) is 3.21. The van der Waals surface area contributed by atoms with Crippen molar-refractivity contribution in [1.29, 1.82) is 0 Å². The molecule has 0 unspecified atom stereocenters. The van der Waals surface area contributed by atoms with Gasteiger partial charge in [-0.15, -0.1) is 11.3 Å². The molecule has 4 rings (SSSR count). The molecule has 0 saturated carbocycles. The largest absolute Gasteiger partial charge is 0.339 e. The first kappa shape index (κ1) is 18.9. The third-order valence-electron chi connectivity index (χ3n) is 4.78. The number of thiazole rings is 1. The van der Waals surface area contributed by atoms with Crippen molar-refractivity contribution in [1.82, 2.24) is 14.3 Å². The van der Waals surface area contributed by atoms with Crippen LogP contribution in [0, 0.1) is 6.92 Å². The van der Waals surface area contributed by atoms with E-state index in [2.05, 4.69) is 4.37 Å². The Balaban J connectivity index is 1.41. The second kappa shape index (κ2) is 7.87. The molecular formula is C19H17Cl2N3OS2. The lowest BCUT2D eigenvalue weighted by Gasteiger charge is -2.31. The Kier molecular flexibility index (Phi) is 5.50. The number of piperidine rings is 1. The van der Waals surface area contributed by atoms with Gasteiger partial charge in [-0.25, -0.2) is 4.98 Å². The number of carbonyl (C=O) groups is 1. The van der Waals surface area contributed by atoms with Gasteiger partial charge in [0.15, 0.2) is 5.15 Å². The van der Waals surface area contributed by atoms with E-state index in [0.717, 1.165) is 52.6 Å². The Morgan fingerprint density at radius 1 is 1.19 bits per heavy atom. The number of hydrogen-bond donors (Lipinski definition) is 0. The summed E-state index contributed by atoms with van der Waals surface area (Å²) >= 11 is 15.1. The van der Waals surface area contributed by atoms with Gasteiger partial charge in [-0.05, 0) is 43.4 Å². The van der Waals surface area contributed by atoms with Crippen LogP contribution < -0.4 is 0 Å². The predicted molar refractivity (Wildman–Crippen MR) is 112 cm³/mol. The molecule has 0 bridgehead atoms. The van der Waals surface area contributed by atoms with Crippen LogP contribution in [0.2, 0.25) is 10.2 Å². The molecule has 0 aliphatic carbocycles. The number of halogens is 2. The summed E-state index contributed by atoms with van der Waals surface area (Å²) in [7, 11) is 0. The van der Waals surface area contributed by atoms with Crippen LogP contribution >= 0.6 is 46.1 Å². The van der Waals surface area contributed by atoms with E-state index in [9.17, 15) is 4.79 Å². The molecular weight excluding hydrogens is 421 g/mol. The van der Waals surface area contributed by atoms with Gasteiger partial charge in [-0.1, -0.05) is 40.9 Å². The number of nitrogens with zero attached hydrogens (tertiary/aromatic N) is 3. The summed E-state index contributed by atoms with van der Waals surface area (Å²) in [5.74, 6) is 0.479. The highest BCUT2D eigenvalue weighted by molar-refractivity contribution is 7.12. The van der Waals surface area contributed by atoms with E-state index in [4.69, 9.17) is 28.2 Å². The molecule has 8 heteroatoms. The van der Waals surface area contributed by atoms with Gasteiger partial charge in [-0.2, -0.15) is 4.37 Å². The Morgan fingerprint density at radius 3 is 2.52 bits per heavy atom. The van der Waals surface area contributed by atoms with Crippen LogP contribution in [0.1, 0.15) is 39.7 Å². The van der Waals surface area contributed by atoms with Crippen molar-refractivity contribution in [2.75, 3.05) is 13.1 Å². The van der Waals surface area contributed by atoms with Crippen LogP contribution in [0.3, 0.4) is 0 Å². The lowest BCUT2D eigenvalue weighted by molar-refractivity contribution is 0.0713. The molecule has 140 valence electrons. The Labute approximate surface area is 175 Å². The number of hydrogen-bond acceptors (Lipinski definition) is 5. The quantitative estimate of drug-likeness (QED) is 0.511. The van der Waals surface area contributed by atoms with Gasteiger partial charge < -0.3 is 4.90 Å². The van der Waals surface area contributed by atoms with Crippen molar-refractivity contribution in [3.63, 3.8) is 0 Å². The zero-order valence-electron chi connectivity index (χ0n) is 14.6. The standard InChI is InChI=1S/C19H17Cl2N3OS2/c1-11-2-4-13(5-3-11)19(25)24-8-6-12(7-9-24)18-22-14(10-26-18)16-15(20)17(21)23-27-16/h2-5,10,12H,6-9H2,1H3. The van der Waals surface area contributed by atoms with Crippen molar-refractivity contribution in [2.24, 2.45) is 0 Å². The van der Waals surface area contributed by atoms with Crippen molar-refractivity contribution in [2.45, 2.75) is 25.7 Å². The molecule has 4 nitrogen and oxygen atoms in total. The molecule has 27 heavy (non-hydrogen) atoms. The molecule has 1 amide bonds. The number of aromatic nitrogens is 2. The van der Waals surface area contributed by atoms with Gasteiger partial charge >= 0.3 is 0 Å². The van der Waals surface area contributed by atoms with Gasteiger partial charge in [0.1, 0.15) is 0 Å². The molecule has 0 spiro atoms. The normalized spacial score (nSPS) is 15.3. The van der Waals surface area contributed by atoms with Crippen molar-refractivity contribution in [3.05, 3.63) is 56.0 Å². The molecule has 3 aromatic rings. The summed E-state index contributed by atoms with van der Waals surface area (Å²) < 4.78 is 4.07. The fraction of sp³-hybridized carbons (Fsp3) is 0.316. The first-order valence-electron chi connectivity index (χ1n) is 8.65. The summed E-state index contributed by atoms with van der Waals surface area (Å²) in [5.41, 5.74) is 2.75. The molecule has 3 heterocycles. The zero-order chi connectivity index (χ0) is 19.0. The first-order valence-corrected chi connectivity index (χ1v) is 11.1. The Morgan fingerprint density at radius 2 is 1.89 bits per heavy atom. The minimum atomic E-state index is 0.111. The number of benzene rings is 1. The summed E-state index contributed by atoms with van der Waals surface area (Å²) in [4.78, 5) is 20.2. The van der Waals surface area contributed by atoms with E-state index >= 15 is 0 Å². The van der Waals surface area contributed by atoms with Gasteiger partial charge in [0.2, 0.25) is 0 Å². The summed E-state index contributed by atoms with van der Waals surface area (Å²) in [6.07, 6.45) is 1.84. The van der Waals surface area contributed by atoms with Crippen LogP contribution in [0.25, 0.3) is 10.6 Å². The van der Waals surface area contributed by atoms with E-state index < -0.39 is 0 Å². The second-order valence-corrected chi connectivity index (χ2v) is 9.02. The molecule has 0 N–H and O–H groups in total. The van der Waals surface area contributed by atoms with Crippen LogP contribution in [0.5, 0.6) is 0 Å². The average molecular weight is 438 g/mol. The van der Waals surface area contributed by atoms with E-state index in [0.29, 0.717) is 16.1 Å². The topological polar surface area (TPSA) is 46.1 Å². The predicted octanol–water partition coefficient (Wildman–Crippen LogP) is 5.90. The monoisotopic (exact) mass is 437 g/mol. The van der Waals surface area contributed by atoms with Crippen molar-refractivity contribution < 1.29 is 4.79 Å². The number of carbonyl (C=O) groups excluding carboxylic acids is 1. The molecule has 0 atom stereocenters. The Bertz CT molecular complexity index is 960. The highest BCUT2D eigenvalue weighted by Crippen LogP contribution is 2.39. The third-order valence-corrected chi connectivity index (χ3v) is 7.61. The summed E-state index contributed by atoms with van der Waals surface area (Å²) in [5, 5.41) is 3.90. The third kappa shape index (κ3) is 3.90. The molecule has 1 fully saturated rings. The number of aryl methyl sites for hydroxylation is 1. The van der Waals surface area contributed by atoms with Crippen LogP contribution in [-0.2, 0) is 0 Å². The highest BCUT2D eigenvalue weighted by Gasteiger charge is 2.27. The lowest BCUT2D eigenvalue weighted by atomic mass is 9.97. The minimum absolute atomic E-state index is 0.111. The van der Waals surface area contributed by atoms with Crippen LogP contribution in [0.4, 0.5) is 0 Å². The first-order chi connectivity index (χ1) is 13.0. The van der Waals surface area contributed by atoms with E-state index in [1.54, 1.807) is 11.3 Å². The van der Waals surface area contributed by atoms with E-state index in [-0.39, 0.29) is 5.91 Å². The zero-order valence-corrected chi connectivity index (χ0v) is 17.8. The summed E-state index contributed by atoms with van der Waals surface area (Å²) in [6.45, 7) is 3.52. The van der Waals surface area contributed by atoms with E-state index in [1.165, 1.54) is 11.5 Å². The van der Waals surface area contributed by atoms with Gasteiger partial charge in [0.25, 0.3) is 5.91 Å². The van der Waals surface area contributed by atoms with Crippen LogP contribution in [0.15, 0.2) is 29.6 Å². The van der Waals surface area contributed by atoms with Gasteiger partial charge in [-0.3, -0.25) is 4.79 Å². The lowest BCUT2D eigenvalue weighted by Crippen LogP contribution is -2.37. The number of likely N-dealkylation sites (tertiary alicyclic amines) is 1.